The summed E-state index contributed by atoms with van der Waals surface area (Å²) in [5.41, 5.74) is 6.10. The number of imide groups is 1. The van der Waals surface area contributed by atoms with Crippen LogP contribution in [0.1, 0.15) is 17.4 Å². The topological polar surface area (TPSA) is 121 Å². The number of likely N-dealkylation sites (N-methyl/N-ethyl adjacent to an activating group) is 1. The Kier molecular flexibility index (Phi) is 5.28. The molecule has 0 aliphatic rings. The number of nitrogens with one attached hydrogen (secondary N) is 2. The first-order valence-corrected chi connectivity index (χ1v) is 8.29. The molecular weight excluding hydrogens is 346 g/mol. The number of hydrogen-bond acceptors (Lipinski definition) is 5. The Morgan fingerprint density at radius 2 is 1.81 bits per heavy atom. The maximum Gasteiger partial charge on any atom is 0.318 e. The number of benzene rings is 2. The molecule has 8 nitrogen and oxygen atoms in total. The Morgan fingerprint density at radius 3 is 2.52 bits per heavy atom. The first-order valence-electron chi connectivity index (χ1n) is 8.29. The standard InChI is InChI=1S/C19H19N5O3/c1-24(11-15-21-14-10-6-5-9-13(14)17(25)22-15)16(18(26)23-19(20)27)12-7-3-2-4-8-12/h2-10,16H,11H2,1H3,(H,21,22,25)(H3,20,23,26,27). The molecule has 0 aliphatic carbocycles. The fourth-order valence-corrected chi connectivity index (χ4v) is 2.97. The van der Waals surface area contributed by atoms with E-state index in [1.54, 1.807) is 60.5 Å². The third kappa shape index (κ3) is 4.18. The Hall–Kier alpha value is -3.52. The zero-order valence-electron chi connectivity index (χ0n) is 14.7. The average Bonchev–Trinajstić information content (AvgIpc) is 2.62. The number of H-pyrrole nitrogens is 1. The lowest BCUT2D eigenvalue weighted by molar-refractivity contribution is -0.125. The van der Waals surface area contributed by atoms with Crippen molar-refractivity contribution in [2.24, 2.45) is 5.73 Å². The maximum atomic E-state index is 12.5. The van der Waals surface area contributed by atoms with Crippen molar-refractivity contribution in [3.05, 3.63) is 76.3 Å². The van der Waals surface area contributed by atoms with Gasteiger partial charge in [0.05, 0.1) is 17.4 Å². The lowest BCUT2D eigenvalue weighted by atomic mass is 10.0. The second-order valence-corrected chi connectivity index (χ2v) is 6.11. The van der Waals surface area contributed by atoms with Crippen LogP contribution in [0.25, 0.3) is 10.9 Å². The van der Waals surface area contributed by atoms with Crippen LogP contribution in [0.3, 0.4) is 0 Å². The molecule has 0 spiro atoms. The molecule has 8 heteroatoms. The molecule has 1 aromatic heterocycles. The van der Waals surface area contributed by atoms with E-state index < -0.39 is 18.0 Å². The molecule has 3 rings (SSSR count). The van der Waals surface area contributed by atoms with Crippen molar-refractivity contribution in [1.29, 1.82) is 0 Å². The van der Waals surface area contributed by atoms with Crippen molar-refractivity contribution in [3.63, 3.8) is 0 Å². The number of nitrogens with two attached hydrogens (primary N) is 1. The number of amides is 3. The number of primary amides is 1. The van der Waals surface area contributed by atoms with Gasteiger partial charge in [0, 0.05) is 0 Å². The van der Waals surface area contributed by atoms with Gasteiger partial charge in [-0.2, -0.15) is 0 Å². The molecule has 0 aliphatic heterocycles. The van der Waals surface area contributed by atoms with E-state index in [4.69, 9.17) is 5.73 Å². The maximum absolute atomic E-state index is 12.5. The third-order valence-electron chi connectivity index (χ3n) is 4.11. The fourth-order valence-electron chi connectivity index (χ4n) is 2.97. The summed E-state index contributed by atoms with van der Waals surface area (Å²) < 4.78 is 0. The molecule has 3 amide bonds. The van der Waals surface area contributed by atoms with Crippen LogP contribution in [-0.2, 0) is 11.3 Å². The van der Waals surface area contributed by atoms with E-state index in [9.17, 15) is 14.4 Å². The van der Waals surface area contributed by atoms with E-state index in [1.165, 1.54) is 0 Å². The van der Waals surface area contributed by atoms with Gasteiger partial charge in [0.1, 0.15) is 11.9 Å². The molecular formula is C19H19N5O3. The number of aromatic nitrogens is 2. The number of rotatable bonds is 5. The quantitative estimate of drug-likeness (QED) is 0.629. The number of nitrogens with zero attached hydrogens (tertiary/aromatic N) is 2. The van der Waals surface area contributed by atoms with Gasteiger partial charge < -0.3 is 10.7 Å². The van der Waals surface area contributed by atoms with E-state index in [0.29, 0.717) is 22.3 Å². The summed E-state index contributed by atoms with van der Waals surface area (Å²) in [7, 11) is 1.70. The summed E-state index contributed by atoms with van der Waals surface area (Å²) in [5.74, 6) is -0.145. The van der Waals surface area contributed by atoms with Crippen LogP contribution in [-0.4, -0.2) is 33.9 Å². The van der Waals surface area contributed by atoms with Gasteiger partial charge in [0.25, 0.3) is 5.56 Å². The first-order chi connectivity index (χ1) is 13.0. The smallest absolute Gasteiger partial charge is 0.318 e. The minimum atomic E-state index is -0.924. The van der Waals surface area contributed by atoms with Gasteiger partial charge in [-0.25, -0.2) is 9.78 Å². The van der Waals surface area contributed by atoms with Crippen LogP contribution in [0.5, 0.6) is 0 Å². The first kappa shape index (κ1) is 18.3. The van der Waals surface area contributed by atoms with E-state index in [1.807, 2.05) is 6.07 Å². The molecule has 1 heterocycles. The van der Waals surface area contributed by atoms with Crippen molar-refractivity contribution in [2.45, 2.75) is 12.6 Å². The van der Waals surface area contributed by atoms with Gasteiger partial charge in [0.15, 0.2) is 0 Å². The zero-order chi connectivity index (χ0) is 19.4. The highest BCUT2D eigenvalue weighted by atomic mass is 16.2. The van der Waals surface area contributed by atoms with Crippen molar-refractivity contribution < 1.29 is 9.59 Å². The van der Waals surface area contributed by atoms with E-state index >= 15 is 0 Å². The average molecular weight is 365 g/mol. The van der Waals surface area contributed by atoms with Crippen molar-refractivity contribution in [1.82, 2.24) is 20.2 Å². The van der Waals surface area contributed by atoms with Gasteiger partial charge >= 0.3 is 6.03 Å². The Morgan fingerprint density at radius 1 is 1.15 bits per heavy atom. The van der Waals surface area contributed by atoms with Gasteiger partial charge in [-0.3, -0.25) is 19.8 Å². The van der Waals surface area contributed by atoms with Crippen molar-refractivity contribution in [2.75, 3.05) is 7.05 Å². The van der Waals surface area contributed by atoms with Crippen LogP contribution >= 0.6 is 0 Å². The largest absolute Gasteiger partial charge is 0.351 e. The number of urea groups is 1. The molecule has 4 N–H and O–H groups in total. The van der Waals surface area contributed by atoms with Crippen LogP contribution in [0.2, 0.25) is 0 Å². The second kappa shape index (κ2) is 7.79. The number of carbonyl (C=O) groups is 2. The SMILES string of the molecule is CN(Cc1nc2ccccc2c(=O)[nH]1)C(C(=O)NC(N)=O)c1ccccc1. The predicted octanol–water partition coefficient (Wildman–Crippen LogP) is 1.29. The van der Waals surface area contributed by atoms with Crippen LogP contribution in [0, 0.1) is 0 Å². The lowest BCUT2D eigenvalue weighted by Crippen LogP contribution is -2.43. The Labute approximate surface area is 155 Å². The number of hydrogen-bond donors (Lipinski definition) is 3. The summed E-state index contributed by atoms with van der Waals surface area (Å²) in [6, 6.07) is 14.3. The monoisotopic (exact) mass is 365 g/mol. The molecule has 0 fully saturated rings. The molecule has 0 bridgehead atoms. The molecule has 138 valence electrons. The summed E-state index contributed by atoms with van der Waals surface area (Å²) in [6.07, 6.45) is 0. The summed E-state index contributed by atoms with van der Waals surface area (Å²) >= 11 is 0. The van der Waals surface area contributed by atoms with Crippen LogP contribution < -0.4 is 16.6 Å². The molecule has 27 heavy (non-hydrogen) atoms. The van der Waals surface area contributed by atoms with Crippen molar-refractivity contribution >= 4 is 22.8 Å². The minimum absolute atomic E-state index is 0.186. The van der Waals surface area contributed by atoms with Crippen LogP contribution in [0.15, 0.2) is 59.4 Å². The number of fused-ring (bicyclic) bond motifs is 1. The number of para-hydroxylation sites is 1. The molecule has 1 unspecified atom stereocenters. The van der Waals surface area contributed by atoms with Gasteiger partial charge in [-0.05, 0) is 24.7 Å². The number of carbonyl (C=O) groups excluding carboxylic acids is 2. The highest BCUT2D eigenvalue weighted by Crippen LogP contribution is 2.21. The molecule has 0 radical (unpaired) electrons. The van der Waals surface area contributed by atoms with Gasteiger partial charge in [-0.1, -0.05) is 42.5 Å². The van der Waals surface area contributed by atoms with E-state index in [2.05, 4.69) is 15.3 Å². The summed E-state index contributed by atoms with van der Waals surface area (Å²) in [5, 5.41) is 2.61. The minimum Gasteiger partial charge on any atom is -0.351 e. The lowest BCUT2D eigenvalue weighted by Gasteiger charge is -2.26. The molecule has 1 atom stereocenters. The molecule has 0 saturated heterocycles. The van der Waals surface area contributed by atoms with E-state index in [0.717, 1.165) is 0 Å². The highest BCUT2D eigenvalue weighted by Gasteiger charge is 2.26. The van der Waals surface area contributed by atoms with E-state index in [-0.39, 0.29) is 12.1 Å². The second-order valence-electron chi connectivity index (χ2n) is 6.11. The fraction of sp³-hybridized carbons (Fsp3) is 0.158. The Balaban J connectivity index is 1.92. The highest BCUT2D eigenvalue weighted by molar-refractivity contribution is 5.96. The van der Waals surface area contributed by atoms with Crippen LogP contribution in [0.4, 0.5) is 4.79 Å². The van der Waals surface area contributed by atoms with Gasteiger partial charge in [-0.15, -0.1) is 0 Å². The summed E-state index contributed by atoms with van der Waals surface area (Å²) in [6.45, 7) is 0.186. The zero-order valence-corrected chi connectivity index (χ0v) is 14.7. The summed E-state index contributed by atoms with van der Waals surface area (Å²) in [4.78, 5) is 44.8. The van der Waals surface area contributed by atoms with Crippen molar-refractivity contribution in [3.8, 4) is 0 Å². The molecule has 0 saturated carbocycles. The number of aromatic amines is 1. The molecule has 3 aromatic rings. The predicted molar refractivity (Wildman–Crippen MR) is 101 cm³/mol. The molecule has 2 aromatic carbocycles. The Bertz CT molecular complexity index is 1030. The normalized spacial score (nSPS) is 12.1. The third-order valence-corrected chi connectivity index (χ3v) is 4.11. The van der Waals surface area contributed by atoms with Gasteiger partial charge in [0.2, 0.25) is 5.91 Å².